The Hall–Kier alpha value is -1.42. The van der Waals surface area contributed by atoms with Crippen LogP contribution in [-0.2, 0) is 0 Å². The van der Waals surface area contributed by atoms with Crippen LogP contribution in [0.25, 0.3) is 0 Å². The van der Waals surface area contributed by atoms with E-state index in [0.717, 1.165) is 25.7 Å². The van der Waals surface area contributed by atoms with Crippen LogP contribution in [0.4, 0.5) is 4.39 Å². The van der Waals surface area contributed by atoms with E-state index >= 15 is 0 Å². The van der Waals surface area contributed by atoms with E-state index in [1.165, 1.54) is 12.1 Å². The average molecular weight is 251 g/mol. The third-order valence-electron chi connectivity index (χ3n) is 3.74. The Morgan fingerprint density at radius 2 is 2.00 bits per heavy atom. The van der Waals surface area contributed by atoms with Gasteiger partial charge in [0, 0.05) is 12.0 Å². The number of carbonyl (C=O) groups is 1. The zero-order valence-electron chi connectivity index (χ0n) is 10.3. The summed E-state index contributed by atoms with van der Waals surface area (Å²) in [5, 5.41) is 12.2. The average Bonchev–Trinajstić information content (AvgIpc) is 2.86. The molecule has 0 saturated heterocycles. The highest BCUT2D eigenvalue weighted by atomic mass is 19.1. The summed E-state index contributed by atoms with van der Waals surface area (Å²) in [5.41, 5.74) is -0.149. The first kappa shape index (κ1) is 13.0. The van der Waals surface area contributed by atoms with Crippen LogP contribution in [-0.4, -0.2) is 24.2 Å². The highest BCUT2D eigenvalue weighted by molar-refractivity contribution is 5.94. The molecule has 1 saturated carbocycles. The van der Waals surface area contributed by atoms with Crippen molar-refractivity contribution >= 4 is 5.91 Å². The van der Waals surface area contributed by atoms with Gasteiger partial charge >= 0.3 is 0 Å². The molecule has 0 bridgehead atoms. The maximum absolute atomic E-state index is 13.4. The lowest BCUT2D eigenvalue weighted by Crippen LogP contribution is -2.38. The van der Waals surface area contributed by atoms with Gasteiger partial charge in [-0.15, -0.1) is 0 Å². The van der Waals surface area contributed by atoms with Gasteiger partial charge in [0.15, 0.2) is 0 Å². The molecule has 0 unspecified atom stereocenters. The third-order valence-corrected chi connectivity index (χ3v) is 3.74. The predicted molar refractivity (Wildman–Crippen MR) is 66.7 cm³/mol. The fourth-order valence-electron chi connectivity index (χ4n) is 2.52. The molecule has 0 spiro atoms. The molecule has 0 radical (unpaired) electrons. The van der Waals surface area contributed by atoms with Crippen molar-refractivity contribution in [1.82, 2.24) is 5.32 Å². The van der Waals surface area contributed by atoms with Gasteiger partial charge in [0.25, 0.3) is 5.91 Å². The normalized spacial score (nSPS) is 17.7. The molecule has 4 heteroatoms. The van der Waals surface area contributed by atoms with Gasteiger partial charge in [-0.3, -0.25) is 4.79 Å². The number of carbonyl (C=O) groups excluding carboxylic acids is 1. The van der Waals surface area contributed by atoms with Gasteiger partial charge in [0.1, 0.15) is 5.82 Å². The summed E-state index contributed by atoms with van der Waals surface area (Å²) in [6.07, 6.45) is 3.99. The van der Waals surface area contributed by atoms with Crippen LogP contribution < -0.4 is 5.32 Å². The van der Waals surface area contributed by atoms with Gasteiger partial charge in [-0.25, -0.2) is 4.39 Å². The Morgan fingerprint density at radius 3 is 2.61 bits per heavy atom. The summed E-state index contributed by atoms with van der Waals surface area (Å²) in [4.78, 5) is 11.8. The lowest BCUT2D eigenvalue weighted by molar-refractivity contribution is 0.0877. The molecule has 3 nitrogen and oxygen atoms in total. The minimum atomic E-state index is -0.514. The van der Waals surface area contributed by atoms with Gasteiger partial charge in [0.05, 0.1) is 12.2 Å². The molecule has 0 heterocycles. The van der Waals surface area contributed by atoms with Crippen molar-refractivity contribution in [2.75, 3.05) is 13.2 Å². The first-order valence-corrected chi connectivity index (χ1v) is 6.30. The highest BCUT2D eigenvalue weighted by Gasteiger charge is 2.33. The molecule has 1 amide bonds. The molecule has 1 fully saturated rings. The molecule has 98 valence electrons. The van der Waals surface area contributed by atoms with E-state index in [9.17, 15) is 14.3 Å². The highest BCUT2D eigenvalue weighted by Crippen LogP contribution is 2.36. The van der Waals surface area contributed by atoms with E-state index in [2.05, 4.69) is 5.32 Å². The van der Waals surface area contributed by atoms with Crippen LogP contribution in [0.5, 0.6) is 0 Å². The summed E-state index contributed by atoms with van der Waals surface area (Å²) in [6.45, 7) is 0.487. The number of hydrogen-bond donors (Lipinski definition) is 2. The number of aliphatic hydroxyl groups excluding tert-OH is 1. The number of halogens is 1. The van der Waals surface area contributed by atoms with Crippen LogP contribution in [0, 0.1) is 11.2 Å². The van der Waals surface area contributed by atoms with Crippen molar-refractivity contribution in [3.8, 4) is 0 Å². The zero-order valence-corrected chi connectivity index (χ0v) is 10.3. The SMILES string of the molecule is O=C(NCC1(CO)CCCC1)c1ccccc1F. The van der Waals surface area contributed by atoms with Crippen LogP contribution in [0.2, 0.25) is 0 Å². The molecule has 1 aromatic rings. The molecule has 1 aromatic carbocycles. The standard InChI is InChI=1S/C14H18FNO2/c15-12-6-2-1-5-11(12)13(18)16-9-14(10-17)7-3-4-8-14/h1-2,5-6,17H,3-4,7-10H2,(H,16,18). The Bertz CT molecular complexity index is 428. The van der Waals surface area contributed by atoms with E-state index in [4.69, 9.17) is 0 Å². The number of amides is 1. The molecule has 1 aliphatic carbocycles. The van der Waals surface area contributed by atoms with Crippen molar-refractivity contribution in [3.05, 3.63) is 35.6 Å². The van der Waals surface area contributed by atoms with Crippen LogP contribution in [0.15, 0.2) is 24.3 Å². The van der Waals surface area contributed by atoms with Gasteiger partial charge in [0.2, 0.25) is 0 Å². The molecule has 0 aliphatic heterocycles. The van der Waals surface area contributed by atoms with Gasteiger partial charge in [-0.2, -0.15) is 0 Å². The Kier molecular flexibility index (Phi) is 3.97. The quantitative estimate of drug-likeness (QED) is 0.861. The number of aliphatic hydroxyl groups is 1. The molecule has 2 N–H and O–H groups in total. The second-order valence-corrected chi connectivity index (χ2v) is 5.03. The van der Waals surface area contributed by atoms with Crippen molar-refractivity contribution in [3.63, 3.8) is 0 Å². The first-order valence-electron chi connectivity index (χ1n) is 6.30. The summed E-state index contributed by atoms with van der Waals surface area (Å²) < 4.78 is 13.4. The number of nitrogens with one attached hydrogen (secondary N) is 1. The molecule has 2 rings (SSSR count). The largest absolute Gasteiger partial charge is 0.396 e. The summed E-state index contributed by atoms with van der Waals surface area (Å²) >= 11 is 0. The third kappa shape index (κ3) is 2.70. The fraction of sp³-hybridized carbons (Fsp3) is 0.500. The van der Waals surface area contributed by atoms with E-state index in [0.29, 0.717) is 6.54 Å². The second kappa shape index (κ2) is 5.48. The zero-order chi connectivity index (χ0) is 13.0. The molecule has 18 heavy (non-hydrogen) atoms. The number of rotatable bonds is 4. The minimum absolute atomic E-state index is 0.0589. The van der Waals surface area contributed by atoms with Gasteiger partial charge < -0.3 is 10.4 Å². The lowest BCUT2D eigenvalue weighted by atomic mass is 9.87. The molecule has 0 atom stereocenters. The number of hydrogen-bond acceptors (Lipinski definition) is 2. The molecule has 0 aromatic heterocycles. The van der Waals surface area contributed by atoms with Gasteiger partial charge in [-0.1, -0.05) is 25.0 Å². The van der Waals surface area contributed by atoms with Crippen LogP contribution in [0.1, 0.15) is 36.0 Å². The van der Waals surface area contributed by atoms with Crippen molar-refractivity contribution in [1.29, 1.82) is 0 Å². The van der Waals surface area contributed by atoms with E-state index in [1.54, 1.807) is 12.1 Å². The molecular weight excluding hydrogens is 233 g/mol. The summed E-state index contributed by atoms with van der Waals surface area (Å²) in [6, 6.07) is 5.92. The van der Waals surface area contributed by atoms with Crippen LogP contribution in [0.3, 0.4) is 0 Å². The van der Waals surface area contributed by atoms with Crippen molar-refractivity contribution in [2.45, 2.75) is 25.7 Å². The molecule has 1 aliphatic rings. The second-order valence-electron chi connectivity index (χ2n) is 5.03. The van der Waals surface area contributed by atoms with Crippen LogP contribution >= 0.6 is 0 Å². The summed E-state index contributed by atoms with van der Waals surface area (Å²) in [7, 11) is 0. The maximum atomic E-state index is 13.4. The predicted octanol–water partition coefficient (Wildman–Crippen LogP) is 2.11. The van der Waals surface area contributed by atoms with E-state index in [-0.39, 0.29) is 17.6 Å². The summed E-state index contributed by atoms with van der Waals surface area (Å²) in [5.74, 6) is -0.924. The lowest BCUT2D eigenvalue weighted by Gasteiger charge is -2.26. The Morgan fingerprint density at radius 1 is 1.33 bits per heavy atom. The number of benzene rings is 1. The first-order chi connectivity index (χ1) is 8.67. The monoisotopic (exact) mass is 251 g/mol. The fourth-order valence-corrected chi connectivity index (χ4v) is 2.52. The van der Waals surface area contributed by atoms with E-state index < -0.39 is 11.7 Å². The minimum Gasteiger partial charge on any atom is -0.396 e. The topological polar surface area (TPSA) is 49.3 Å². The molecular formula is C14H18FNO2. The van der Waals surface area contributed by atoms with Crippen molar-refractivity contribution < 1.29 is 14.3 Å². The smallest absolute Gasteiger partial charge is 0.254 e. The van der Waals surface area contributed by atoms with E-state index in [1.807, 2.05) is 0 Å². The Labute approximate surface area is 106 Å². The Balaban J connectivity index is 1.98. The van der Waals surface area contributed by atoms with Gasteiger partial charge in [-0.05, 0) is 25.0 Å². The maximum Gasteiger partial charge on any atom is 0.254 e. The van der Waals surface area contributed by atoms with Crippen molar-refractivity contribution in [2.24, 2.45) is 5.41 Å².